The molecule has 0 saturated heterocycles. The summed E-state index contributed by atoms with van der Waals surface area (Å²) in [6.45, 7) is 3.94. The quantitative estimate of drug-likeness (QED) is 0.731. The second-order valence-electron chi connectivity index (χ2n) is 5.07. The lowest BCUT2D eigenvalue weighted by atomic mass is 9.78. The Hall–Kier alpha value is -1.44. The van der Waals surface area contributed by atoms with Crippen LogP contribution in [0.15, 0.2) is 24.3 Å². The monoisotopic (exact) mass is 230 g/mol. The Morgan fingerprint density at radius 3 is 2.47 bits per heavy atom. The fraction of sp³-hybridized carbons (Fsp3) is 0.467. The maximum Gasteiger partial charge on any atom is 0.165 e. The fourth-order valence-corrected chi connectivity index (χ4v) is 2.43. The molecule has 0 spiro atoms. The first-order valence-corrected chi connectivity index (χ1v) is 6.21. The molecule has 0 aromatic heterocycles. The predicted octanol–water partition coefficient (Wildman–Crippen LogP) is 3.18. The SMILES string of the molecule is Cc1ccc(C(=O)[C@@H]2CCC(=O)[C@@H](C)C2)cc1. The number of Topliss-reactive ketones (excluding diaryl/α,β-unsaturated/α-hetero) is 2. The van der Waals surface area contributed by atoms with Crippen molar-refractivity contribution in [2.24, 2.45) is 11.8 Å². The molecule has 0 N–H and O–H groups in total. The number of rotatable bonds is 2. The second-order valence-corrected chi connectivity index (χ2v) is 5.07. The highest BCUT2D eigenvalue weighted by Crippen LogP contribution is 2.28. The largest absolute Gasteiger partial charge is 0.299 e. The van der Waals surface area contributed by atoms with Crippen LogP contribution < -0.4 is 0 Å². The van der Waals surface area contributed by atoms with Gasteiger partial charge in [0.2, 0.25) is 0 Å². The van der Waals surface area contributed by atoms with Gasteiger partial charge in [0.25, 0.3) is 0 Å². The van der Waals surface area contributed by atoms with Crippen molar-refractivity contribution in [3.8, 4) is 0 Å². The van der Waals surface area contributed by atoms with Gasteiger partial charge in [0, 0.05) is 23.8 Å². The highest BCUT2D eigenvalue weighted by atomic mass is 16.1. The standard InChI is InChI=1S/C15H18O2/c1-10-3-5-12(6-4-10)15(17)13-7-8-14(16)11(2)9-13/h3-6,11,13H,7-9H2,1-2H3/t11-,13+/m0/s1. The molecule has 0 heterocycles. The van der Waals surface area contributed by atoms with Gasteiger partial charge in [-0.25, -0.2) is 0 Å². The van der Waals surface area contributed by atoms with Crippen LogP contribution in [0.1, 0.15) is 42.1 Å². The van der Waals surface area contributed by atoms with Gasteiger partial charge >= 0.3 is 0 Å². The van der Waals surface area contributed by atoms with Crippen molar-refractivity contribution in [1.29, 1.82) is 0 Å². The number of carbonyl (C=O) groups excluding carboxylic acids is 2. The van der Waals surface area contributed by atoms with Crippen LogP contribution in [-0.4, -0.2) is 11.6 Å². The summed E-state index contributed by atoms with van der Waals surface area (Å²) in [4.78, 5) is 23.7. The van der Waals surface area contributed by atoms with E-state index in [1.807, 2.05) is 38.1 Å². The molecule has 1 fully saturated rings. The van der Waals surface area contributed by atoms with E-state index in [9.17, 15) is 9.59 Å². The van der Waals surface area contributed by atoms with E-state index in [4.69, 9.17) is 0 Å². The highest BCUT2D eigenvalue weighted by Gasteiger charge is 2.30. The van der Waals surface area contributed by atoms with E-state index in [0.717, 1.165) is 17.5 Å². The molecule has 17 heavy (non-hydrogen) atoms. The topological polar surface area (TPSA) is 34.1 Å². The minimum Gasteiger partial charge on any atom is -0.299 e. The molecule has 1 aromatic carbocycles. The van der Waals surface area contributed by atoms with Gasteiger partial charge in [0.15, 0.2) is 5.78 Å². The van der Waals surface area contributed by atoms with Gasteiger partial charge in [0.1, 0.15) is 5.78 Å². The summed E-state index contributed by atoms with van der Waals surface area (Å²) in [5.41, 5.74) is 1.94. The summed E-state index contributed by atoms with van der Waals surface area (Å²) in [7, 11) is 0. The Balaban J connectivity index is 2.10. The van der Waals surface area contributed by atoms with Crippen molar-refractivity contribution in [1.82, 2.24) is 0 Å². The van der Waals surface area contributed by atoms with Gasteiger partial charge in [-0.2, -0.15) is 0 Å². The summed E-state index contributed by atoms with van der Waals surface area (Å²) in [5, 5.41) is 0. The molecule has 1 aliphatic carbocycles. The number of hydrogen-bond acceptors (Lipinski definition) is 2. The molecule has 2 atom stereocenters. The van der Waals surface area contributed by atoms with Crippen molar-refractivity contribution in [2.75, 3.05) is 0 Å². The summed E-state index contributed by atoms with van der Waals surface area (Å²) in [5.74, 6) is 0.580. The van der Waals surface area contributed by atoms with Crippen LogP contribution in [0.2, 0.25) is 0 Å². The van der Waals surface area contributed by atoms with Crippen LogP contribution >= 0.6 is 0 Å². The van der Waals surface area contributed by atoms with E-state index in [2.05, 4.69) is 0 Å². The maximum atomic E-state index is 12.3. The molecule has 0 radical (unpaired) electrons. The molecule has 1 aromatic rings. The lowest BCUT2D eigenvalue weighted by Crippen LogP contribution is -2.27. The molecule has 0 aliphatic heterocycles. The summed E-state index contributed by atoms with van der Waals surface area (Å²) in [6, 6.07) is 7.70. The highest BCUT2D eigenvalue weighted by molar-refractivity contribution is 5.99. The average molecular weight is 230 g/mol. The normalized spacial score (nSPS) is 24.7. The van der Waals surface area contributed by atoms with Crippen LogP contribution in [0.5, 0.6) is 0 Å². The molecule has 0 amide bonds. The van der Waals surface area contributed by atoms with Crippen molar-refractivity contribution in [3.63, 3.8) is 0 Å². The Morgan fingerprint density at radius 2 is 1.88 bits per heavy atom. The van der Waals surface area contributed by atoms with Gasteiger partial charge in [-0.3, -0.25) is 9.59 Å². The van der Waals surface area contributed by atoms with Crippen LogP contribution in [-0.2, 0) is 4.79 Å². The first-order valence-electron chi connectivity index (χ1n) is 6.21. The Morgan fingerprint density at radius 1 is 1.24 bits per heavy atom. The molecular formula is C15H18O2. The zero-order valence-corrected chi connectivity index (χ0v) is 10.4. The first-order chi connectivity index (χ1) is 8.08. The Kier molecular flexibility index (Phi) is 3.41. The van der Waals surface area contributed by atoms with E-state index < -0.39 is 0 Å². The number of benzene rings is 1. The van der Waals surface area contributed by atoms with Crippen LogP contribution in [0, 0.1) is 18.8 Å². The van der Waals surface area contributed by atoms with Crippen LogP contribution in [0.4, 0.5) is 0 Å². The Bertz CT molecular complexity index is 431. The molecule has 2 nitrogen and oxygen atoms in total. The first kappa shape index (κ1) is 12.0. The second kappa shape index (κ2) is 4.82. The molecule has 90 valence electrons. The minimum atomic E-state index is 0.0328. The lowest BCUT2D eigenvalue weighted by molar-refractivity contribution is -0.124. The molecule has 0 unspecified atom stereocenters. The van der Waals surface area contributed by atoms with Crippen molar-refractivity contribution < 1.29 is 9.59 Å². The van der Waals surface area contributed by atoms with Crippen molar-refractivity contribution in [2.45, 2.75) is 33.1 Å². The third-order valence-electron chi connectivity index (χ3n) is 3.63. The van der Waals surface area contributed by atoms with Crippen LogP contribution in [0.3, 0.4) is 0 Å². The van der Waals surface area contributed by atoms with E-state index in [1.165, 1.54) is 0 Å². The van der Waals surface area contributed by atoms with Gasteiger partial charge in [0.05, 0.1) is 0 Å². The van der Waals surface area contributed by atoms with E-state index in [-0.39, 0.29) is 17.6 Å². The van der Waals surface area contributed by atoms with Crippen molar-refractivity contribution >= 4 is 11.6 Å². The smallest absolute Gasteiger partial charge is 0.165 e. The van der Waals surface area contributed by atoms with Gasteiger partial charge in [-0.1, -0.05) is 36.8 Å². The third kappa shape index (κ3) is 2.63. The van der Waals surface area contributed by atoms with Gasteiger partial charge in [-0.15, -0.1) is 0 Å². The minimum absolute atomic E-state index is 0.0328. The predicted molar refractivity (Wildman–Crippen MR) is 67.0 cm³/mol. The van der Waals surface area contributed by atoms with Gasteiger partial charge < -0.3 is 0 Å². The molecule has 2 heteroatoms. The number of ketones is 2. The summed E-state index contributed by atoms with van der Waals surface area (Å²) >= 11 is 0. The zero-order valence-electron chi connectivity index (χ0n) is 10.4. The molecule has 1 saturated carbocycles. The summed E-state index contributed by atoms with van der Waals surface area (Å²) in [6.07, 6.45) is 1.99. The third-order valence-corrected chi connectivity index (χ3v) is 3.63. The molecule has 0 bridgehead atoms. The summed E-state index contributed by atoms with van der Waals surface area (Å²) < 4.78 is 0. The molecule has 2 rings (SSSR count). The average Bonchev–Trinajstić information content (AvgIpc) is 2.33. The zero-order chi connectivity index (χ0) is 12.4. The maximum absolute atomic E-state index is 12.3. The van der Waals surface area contributed by atoms with E-state index in [0.29, 0.717) is 18.6 Å². The van der Waals surface area contributed by atoms with E-state index >= 15 is 0 Å². The molecular weight excluding hydrogens is 212 g/mol. The van der Waals surface area contributed by atoms with Gasteiger partial charge in [-0.05, 0) is 19.8 Å². The fourth-order valence-electron chi connectivity index (χ4n) is 2.43. The molecule has 1 aliphatic rings. The van der Waals surface area contributed by atoms with Crippen molar-refractivity contribution in [3.05, 3.63) is 35.4 Å². The van der Waals surface area contributed by atoms with Crippen LogP contribution in [0.25, 0.3) is 0 Å². The van der Waals surface area contributed by atoms with E-state index in [1.54, 1.807) is 0 Å². The number of aryl methyl sites for hydroxylation is 1. The number of hydrogen-bond donors (Lipinski definition) is 0. The number of carbonyl (C=O) groups is 2. The lowest BCUT2D eigenvalue weighted by Gasteiger charge is -2.24. The Labute approximate surface area is 102 Å².